The Bertz CT molecular complexity index is 707. The van der Waals surface area contributed by atoms with Crippen LogP contribution < -0.4 is 0 Å². The summed E-state index contributed by atoms with van der Waals surface area (Å²) in [5, 5.41) is 9.31. The van der Waals surface area contributed by atoms with E-state index in [9.17, 15) is 5.11 Å². The molecule has 2 aromatic carbocycles. The van der Waals surface area contributed by atoms with E-state index in [-0.39, 0.29) is 6.61 Å². The molecule has 0 unspecified atom stereocenters. The van der Waals surface area contributed by atoms with Crippen LogP contribution in [0.25, 0.3) is 11.0 Å². The maximum absolute atomic E-state index is 9.31. The predicted octanol–water partition coefficient (Wildman–Crippen LogP) is 3.22. The van der Waals surface area contributed by atoms with Gasteiger partial charge < -0.3 is 9.67 Å². The number of aliphatic hydroxyl groups excluding tert-OH is 1. The average Bonchev–Trinajstić information content (AvgIpc) is 2.78. The van der Waals surface area contributed by atoms with Gasteiger partial charge in [0.2, 0.25) is 0 Å². The van der Waals surface area contributed by atoms with Gasteiger partial charge in [0.15, 0.2) is 0 Å². The number of hydrogen-bond acceptors (Lipinski definition) is 3. The van der Waals surface area contributed by atoms with E-state index in [0.717, 1.165) is 15.9 Å². The summed E-state index contributed by atoms with van der Waals surface area (Å²) >= 11 is 1.69. The lowest BCUT2D eigenvalue weighted by Crippen LogP contribution is -1.96. The first-order valence-corrected chi connectivity index (χ1v) is 6.89. The summed E-state index contributed by atoms with van der Waals surface area (Å²) in [5.41, 5.74) is 1.99. The summed E-state index contributed by atoms with van der Waals surface area (Å²) in [6.45, 7) is -0.0410. The maximum Gasteiger partial charge on any atom is 0.135 e. The maximum atomic E-state index is 9.31. The van der Waals surface area contributed by atoms with E-state index in [1.54, 1.807) is 11.8 Å². The summed E-state index contributed by atoms with van der Waals surface area (Å²) < 4.78 is 1.93. The molecule has 1 N–H and O–H groups in total. The molecule has 4 heteroatoms. The minimum atomic E-state index is -0.0410. The van der Waals surface area contributed by atoms with Gasteiger partial charge in [0.05, 0.1) is 5.52 Å². The molecule has 3 rings (SSSR count). The summed E-state index contributed by atoms with van der Waals surface area (Å²) in [7, 11) is 1.93. The lowest BCUT2D eigenvalue weighted by molar-refractivity contribution is 0.268. The molecule has 19 heavy (non-hydrogen) atoms. The fourth-order valence-electron chi connectivity index (χ4n) is 2.08. The number of rotatable bonds is 3. The number of aliphatic hydroxyl groups is 1. The molecule has 0 radical (unpaired) electrons. The van der Waals surface area contributed by atoms with Crippen LogP contribution in [0.5, 0.6) is 0 Å². The number of hydrogen-bond donors (Lipinski definition) is 1. The topological polar surface area (TPSA) is 38.0 Å². The van der Waals surface area contributed by atoms with E-state index in [2.05, 4.69) is 23.2 Å². The molecule has 3 nitrogen and oxygen atoms in total. The van der Waals surface area contributed by atoms with Crippen molar-refractivity contribution in [3.8, 4) is 0 Å². The van der Waals surface area contributed by atoms with Crippen LogP contribution in [0, 0.1) is 0 Å². The van der Waals surface area contributed by atoms with Crippen molar-refractivity contribution in [1.82, 2.24) is 9.55 Å². The third kappa shape index (κ3) is 2.25. The van der Waals surface area contributed by atoms with Crippen molar-refractivity contribution in [3.63, 3.8) is 0 Å². The van der Waals surface area contributed by atoms with Crippen molar-refractivity contribution >= 4 is 22.8 Å². The first-order chi connectivity index (χ1) is 9.29. The molecule has 0 bridgehead atoms. The summed E-state index contributed by atoms with van der Waals surface area (Å²) in [5.74, 6) is 0.691. The van der Waals surface area contributed by atoms with Gasteiger partial charge in [0, 0.05) is 16.8 Å². The van der Waals surface area contributed by atoms with Gasteiger partial charge in [-0.2, -0.15) is 0 Å². The van der Waals surface area contributed by atoms with E-state index >= 15 is 0 Å². The minimum absolute atomic E-state index is 0.0410. The van der Waals surface area contributed by atoms with E-state index in [0.29, 0.717) is 5.82 Å². The number of fused-ring (bicyclic) bond motifs is 1. The number of benzene rings is 2. The zero-order chi connectivity index (χ0) is 13.2. The molecule has 96 valence electrons. The van der Waals surface area contributed by atoms with Crippen molar-refractivity contribution < 1.29 is 5.11 Å². The molecular weight excluding hydrogens is 256 g/mol. The second-order valence-electron chi connectivity index (χ2n) is 4.28. The van der Waals surface area contributed by atoms with Crippen LogP contribution in [0.2, 0.25) is 0 Å². The highest BCUT2D eigenvalue weighted by Crippen LogP contribution is 2.33. The number of para-hydroxylation sites is 1. The fraction of sp³-hybridized carbons (Fsp3) is 0.133. The highest BCUT2D eigenvalue weighted by atomic mass is 32.2. The molecule has 0 spiro atoms. The quantitative estimate of drug-likeness (QED) is 0.794. The van der Waals surface area contributed by atoms with Gasteiger partial charge in [0.1, 0.15) is 17.9 Å². The average molecular weight is 270 g/mol. The van der Waals surface area contributed by atoms with E-state index < -0.39 is 0 Å². The Labute approximate surface area is 115 Å². The number of imidazole rings is 1. The second-order valence-corrected chi connectivity index (χ2v) is 5.40. The summed E-state index contributed by atoms with van der Waals surface area (Å²) in [4.78, 5) is 6.82. The summed E-state index contributed by atoms with van der Waals surface area (Å²) in [6.07, 6.45) is 0. The molecule has 0 fully saturated rings. The Kier molecular flexibility index (Phi) is 3.27. The fourth-order valence-corrected chi connectivity index (χ4v) is 3.02. The molecule has 0 aliphatic rings. The SMILES string of the molecule is Cn1c(CO)nc2c(Sc3ccccc3)cccc21. The molecule has 0 aliphatic heterocycles. The molecule has 3 aromatic rings. The molecule has 0 atom stereocenters. The number of aryl methyl sites for hydroxylation is 1. The first-order valence-electron chi connectivity index (χ1n) is 6.07. The lowest BCUT2D eigenvalue weighted by Gasteiger charge is -2.02. The Morgan fingerprint density at radius 3 is 2.63 bits per heavy atom. The van der Waals surface area contributed by atoms with Crippen LogP contribution in [0.4, 0.5) is 0 Å². The lowest BCUT2D eigenvalue weighted by atomic mass is 10.3. The van der Waals surface area contributed by atoms with Gasteiger partial charge in [-0.1, -0.05) is 36.0 Å². The van der Waals surface area contributed by atoms with Gasteiger partial charge in [-0.05, 0) is 24.3 Å². The van der Waals surface area contributed by atoms with Gasteiger partial charge in [0.25, 0.3) is 0 Å². The smallest absolute Gasteiger partial charge is 0.135 e. The molecular formula is C15H14N2OS. The molecule has 0 amide bonds. The van der Waals surface area contributed by atoms with Crippen molar-refractivity contribution in [2.24, 2.45) is 7.05 Å². The standard InChI is InChI=1S/C15H14N2OS/c1-17-12-8-5-9-13(15(12)16-14(17)10-18)19-11-6-3-2-4-7-11/h2-9,18H,10H2,1H3. The first kappa shape index (κ1) is 12.3. The van der Waals surface area contributed by atoms with Crippen LogP contribution in [0.3, 0.4) is 0 Å². The van der Waals surface area contributed by atoms with E-state index in [4.69, 9.17) is 0 Å². The molecule has 1 heterocycles. The number of nitrogens with zero attached hydrogens (tertiary/aromatic N) is 2. The molecule has 0 aliphatic carbocycles. The Morgan fingerprint density at radius 2 is 1.89 bits per heavy atom. The van der Waals surface area contributed by atoms with Crippen LogP contribution in [-0.2, 0) is 13.7 Å². The highest BCUT2D eigenvalue weighted by molar-refractivity contribution is 7.99. The van der Waals surface area contributed by atoms with Crippen LogP contribution in [-0.4, -0.2) is 14.7 Å². The van der Waals surface area contributed by atoms with Crippen molar-refractivity contribution in [2.75, 3.05) is 0 Å². The van der Waals surface area contributed by atoms with Crippen LogP contribution >= 0.6 is 11.8 Å². The van der Waals surface area contributed by atoms with Crippen molar-refractivity contribution in [3.05, 3.63) is 54.4 Å². The zero-order valence-corrected chi connectivity index (χ0v) is 11.4. The minimum Gasteiger partial charge on any atom is -0.388 e. The Balaban J connectivity index is 2.09. The van der Waals surface area contributed by atoms with E-state index in [1.165, 1.54) is 4.90 Å². The van der Waals surface area contributed by atoms with Gasteiger partial charge in [-0.3, -0.25) is 0 Å². The third-order valence-corrected chi connectivity index (χ3v) is 4.14. The molecule has 0 saturated heterocycles. The molecule has 0 saturated carbocycles. The Hall–Kier alpha value is -1.78. The summed E-state index contributed by atoms with van der Waals surface area (Å²) in [6, 6.07) is 16.3. The van der Waals surface area contributed by atoms with Gasteiger partial charge >= 0.3 is 0 Å². The van der Waals surface area contributed by atoms with E-state index in [1.807, 2.05) is 41.9 Å². The zero-order valence-electron chi connectivity index (χ0n) is 10.6. The Morgan fingerprint density at radius 1 is 1.11 bits per heavy atom. The van der Waals surface area contributed by atoms with Crippen LogP contribution in [0.1, 0.15) is 5.82 Å². The second kappa shape index (κ2) is 5.07. The predicted molar refractivity (Wildman–Crippen MR) is 77.2 cm³/mol. The van der Waals surface area contributed by atoms with Crippen molar-refractivity contribution in [2.45, 2.75) is 16.4 Å². The monoisotopic (exact) mass is 270 g/mol. The third-order valence-electron chi connectivity index (χ3n) is 3.08. The van der Waals surface area contributed by atoms with Crippen molar-refractivity contribution in [1.29, 1.82) is 0 Å². The van der Waals surface area contributed by atoms with Crippen LogP contribution in [0.15, 0.2) is 58.3 Å². The largest absolute Gasteiger partial charge is 0.388 e. The number of aromatic nitrogens is 2. The molecule has 1 aromatic heterocycles. The highest BCUT2D eigenvalue weighted by Gasteiger charge is 2.11. The van der Waals surface area contributed by atoms with Gasteiger partial charge in [-0.15, -0.1) is 0 Å². The van der Waals surface area contributed by atoms with Gasteiger partial charge in [-0.25, -0.2) is 4.98 Å². The normalized spacial score (nSPS) is 11.1.